The summed E-state index contributed by atoms with van der Waals surface area (Å²) in [5.41, 5.74) is 0.984. The van der Waals surface area contributed by atoms with Crippen LogP contribution in [0.1, 0.15) is 28.7 Å². The van der Waals surface area contributed by atoms with E-state index in [1.807, 2.05) is 12.1 Å². The van der Waals surface area contributed by atoms with Crippen LogP contribution in [0, 0.1) is 0 Å². The largest absolute Gasteiger partial charge is 0.360 e. The quantitative estimate of drug-likeness (QED) is 0.881. The molecule has 0 radical (unpaired) electrons. The summed E-state index contributed by atoms with van der Waals surface area (Å²) in [6.07, 6.45) is 4.46. The first kappa shape index (κ1) is 14.4. The van der Waals surface area contributed by atoms with Gasteiger partial charge in [-0.2, -0.15) is 0 Å². The highest BCUT2D eigenvalue weighted by molar-refractivity contribution is 7.17. The highest BCUT2D eigenvalue weighted by Crippen LogP contribution is 2.17. The molecule has 0 saturated heterocycles. The van der Waals surface area contributed by atoms with Crippen LogP contribution in [0.2, 0.25) is 0 Å². The smallest absolute Gasteiger partial charge is 0.284 e. The minimum absolute atomic E-state index is 0.129. The number of hydrogen-bond donors (Lipinski definition) is 1. The van der Waals surface area contributed by atoms with E-state index in [0.717, 1.165) is 18.5 Å². The van der Waals surface area contributed by atoms with Gasteiger partial charge in [0.05, 0.1) is 0 Å². The fourth-order valence-corrected chi connectivity index (χ4v) is 2.38. The standard InChI is InChI=1S/C13H17N5OS/c1-3-6-15-13-17-16-11(20-13)12(19)18(2)9-10-5-4-7-14-8-10/h4-5,7-8H,3,6,9H2,1-2H3,(H,15,17). The normalized spacial score (nSPS) is 10.3. The van der Waals surface area contributed by atoms with E-state index in [1.54, 1.807) is 24.3 Å². The molecule has 2 rings (SSSR count). The molecule has 6 nitrogen and oxygen atoms in total. The number of rotatable bonds is 6. The van der Waals surface area contributed by atoms with Crippen LogP contribution in [-0.2, 0) is 6.54 Å². The summed E-state index contributed by atoms with van der Waals surface area (Å²) >= 11 is 1.28. The molecule has 2 heterocycles. The zero-order chi connectivity index (χ0) is 14.4. The van der Waals surface area contributed by atoms with Gasteiger partial charge in [0.25, 0.3) is 5.91 Å². The highest BCUT2D eigenvalue weighted by Gasteiger charge is 2.17. The second-order valence-corrected chi connectivity index (χ2v) is 5.34. The number of pyridine rings is 1. The van der Waals surface area contributed by atoms with Crippen LogP contribution in [0.15, 0.2) is 24.5 Å². The second kappa shape index (κ2) is 6.95. The first-order chi connectivity index (χ1) is 9.70. The van der Waals surface area contributed by atoms with Crippen LogP contribution in [0.4, 0.5) is 5.13 Å². The summed E-state index contributed by atoms with van der Waals surface area (Å²) in [6.45, 7) is 3.40. The average molecular weight is 291 g/mol. The van der Waals surface area contributed by atoms with Crippen molar-refractivity contribution in [2.45, 2.75) is 19.9 Å². The van der Waals surface area contributed by atoms with Crippen molar-refractivity contribution in [3.8, 4) is 0 Å². The van der Waals surface area contributed by atoms with Crippen molar-refractivity contribution in [3.05, 3.63) is 35.1 Å². The number of nitrogens with zero attached hydrogens (tertiary/aromatic N) is 4. The van der Waals surface area contributed by atoms with Gasteiger partial charge >= 0.3 is 0 Å². The molecule has 0 unspecified atom stereocenters. The molecule has 0 aromatic carbocycles. The van der Waals surface area contributed by atoms with Crippen molar-refractivity contribution in [1.29, 1.82) is 0 Å². The Morgan fingerprint density at radius 3 is 3.00 bits per heavy atom. The van der Waals surface area contributed by atoms with E-state index in [-0.39, 0.29) is 5.91 Å². The summed E-state index contributed by atoms with van der Waals surface area (Å²) in [5, 5.41) is 12.1. The van der Waals surface area contributed by atoms with Gasteiger partial charge in [-0.25, -0.2) is 0 Å². The third-order valence-electron chi connectivity index (χ3n) is 2.62. The summed E-state index contributed by atoms with van der Waals surface area (Å²) in [5.74, 6) is -0.129. The molecular formula is C13H17N5OS. The molecule has 0 bridgehead atoms. The van der Waals surface area contributed by atoms with E-state index in [9.17, 15) is 4.79 Å². The maximum absolute atomic E-state index is 12.2. The fourth-order valence-electron chi connectivity index (χ4n) is 1.61. The lowest BCUT2D eigenvalue weighted by molar-refractivity contribution is 0.0783. The average Bonchev–Trinajstić information content (AvgIpc) is 2.94. The lowest BCUT2D eigenvalue weighted by Crippen LogP contribution is -2.26. The van der Waals surface area contributed by atoms with E-state index < -0.39 is 0 Å². The Bertz CT molecular complexity index is 557. The van der Waals surface area contributed by atoms with Gasteiger partial charge in [0, 0.05) is 32.5 Å². The van der Waals surface area contributed by atoms with Crippen LogP contribution in [-0.4, -0.2) is 39.6 Å². The van der Waals surface area contributed by atoms with Crippen LogP contribution in [0.3, 0.4) is 0 Å². The van der Waals surface area contributed by atoms with Gasteiger partial charge in [-0.3, -0.25) is 9.78 Å². The summed E-state index contributed by atoms with van der Waals surface area (Å²) in [6, 6.07) is 3.79. The van der Waals surface area contributed by atoms with E-state index in [4.69, 9.17) is 0 Å². The van der Waals surface area contributed by atoms with Gasteiger partial charge in [0.2, 0.25) is 10.1 Å². The molecule has 0 aliphatic heterocycles. The molecule has 2 aromatic heterocycles. The van der Waals surface area contributed by atoms with Crippen molar-refractivity contribution in [2.24, 2.45) is 0 Å². The molecule has 0 atom stereocenters. The lowest BCUT2D eigenvalue weighted by atomic mass is 10.3. The van der Waals surface area contributed by atoms with E-state index in [2.05, 4.69) is 27.4 Å². The first-order valence-corrected chi connectivity index (χ1v) is 7.24. The summed E-state index contributed by atoms with van der Waals surface area (Å²) in [4.78, 5) is 17.9. The van der Waals surface area contributed by atoms with E-state index in [1.165, 1.54) is 11.3 Å². The molecule has 20 heavy (non-hydrogen) atoms. The summed E-state index contributed by atoms with van der Waals surface area (Å²) < 4.78 is 0. The molecule has 7 heteroatoms. The lowest BCUT2D eigenvalue weighted by Gasteiger charge is -2.14. The molecule has 0 spiro atoms. The maximum atomic E-state index is 12.2. The molecule has 0 fully saturated rings. The summed E-state index contributed by atoms with van der Waals surface area (Å²) in [7, 11) is 1.75. The highest BCUT2D eigenvalue weighted by atomic mass is 32.1. The number of anilines is 1. The van der Waals surface area contributed by atoms with Crippen molar-refractivity contribution >= 4 is 22.4 Å². The molecular weight excluding hydrogens is 274 g/mol. The van der Waals surface area contributed by atoms with Crippen molar-refractivity contribution < 1.29 is 4.79 Å². The molecule has 1 amide bonds. The number of hydrogen-bond acceptors (Lipinski definition) is 6. The van der Waals surface area contributed by atoms with Crippen molar-refractivity contribution in [2.75, 3.05) is 18.9 Å². The number of carbonyl (C=O) groups excluding carboxylic acids is 1. The number of aromatic nitrogens is 3. The van der Waals surface area contributed by atoms with E-state index in [0.29, 0.717) is 16.7 Å². The van der Waals surface area contributed by atoms with Crippen molar-refractivity contribution in [1.82, 2.24) is 20.1 Å². The van der Waals surface area contributed by atoms with Gasteiger partial charge in [-0.1, -0.05) is 24.3 Å². The Morgan fingerprint density at radius 1 is 1.45 bits per heavy atom. The second-order valence-electron chi connectivity index (χ2n) is 4.36. The van der Waals surface area contributed by atoms with Gasteiger partial charge in [0.1, 0.15) is 0 Å². The number of carbonyl (C=O) groups is 1. The van der Waals surface area contributed by atoms with Crippen molar-refractivity contribution in [3.63, 3.8) is 0 Å². The van der Waals surface area contributed by atoms with Crippen LogP contribution in [0.25, 0.3) is 0 Å². The molecule has 0 aliphatic carbocycles. The Balaban J connectivity index is 1.98. The number of nitrogens with one attached hydrogen (secondary N) is 1. The van der Waals surface area contributed by atoms with Crippen LogP contribution >= 0.6 is 11.3 Å². The molecule has 1 N–H and O–H groups in total. The Morgan fingerprint density at radius 2 is 2.30 bits per heavy atom. The van der Waals surface area contributed by atoms with E-state index >= 15 is 0 Å². The third-order valence-corrected chi connectivity index (χ3v) is 3.49. The Labute approximate surface area is 121 Å². The molecule has 106 valence electrons. The zero-order valence-electron chi connectivity index (χ0n) is 11.5. The first-order valence-electron chi connectivity index (χ1n) is 6.42. The minimum atomic E-state index is -0.129. The topological polar surface area (TPSA) is 71.0 Å². The predicted octanol–water partition coefficient (Wildman–Crippen LogP) is 2.03. The fraction of sp³-hybridized carbons (Fsp3) is 0.385. The molecule has 0 saturated carbocycles. The van der Waals surface area contributed by atoms with Gasteiger partial charge in [-0.15, -0.1) is 10.2 Å². The predicted molar refractivity (Wildman–Crippen MR) is 78.7 cm³/mol. The minimum Gasteiger partial charge on any atom is -0.360 e. The Kier molecular flexibility index (Phi) is 5.00. The van der Waals surface area contributed by atoms with Crippen LogP contribution in [0.5, 0.6) is 0 Å². The number of amides is 1. The third kappa shape index (κ3) is 3.74. The SMILES string of the molecule is CCCNc1nnc(C(=O)N(C)Cc2cccnc2)s1. The zero-order valence-corrected chi connectivity index (χ0v) is 12.4. The monoisotopic (exact) mass is 291 g/mol. The Hall–Kier alpha value is -2.02. The van der Waals surface area contributed by atoms with Gasteiger partial charge < -0.3 is 10.2 Å². The maximum Gasteiger partial charge on any atom is 0.284 e. The van der Waals surface area contributed by atoms with Gasteiger partial charge in [0.15, 0.2) is 0 Å². The molecule has 2 aromatic rings. The van der Waals surface area contributed by atoms with Gasteiger partial charge in [-0.05, 0) is 18.1 Å². The van der Waals surface area contributed by atoms with Crippen LogP contribution < -0.4 is 5.32 Å². The molecule has 0 aliphatic rings.